The third-order valence-corrected chi connectivity index (χ3v) is 3.52. The fraction of sp³-hybridized carbons (Fsp3) is 0.417. The van der Waals surface area contributed by atoms with E-state index >= 15 is 0 Å². The third-order valence-electron chi connectivity index (χ3n) is 2.62. The highest BCUT2D eigenvalue weighted by Crippen LogP contribution is 2.19. The maximum absolute atomic E-state index is 12.9. The maximum atomic E-state index is 12.9. The van der Waals surface area contributed by atoms with E-state index in [0.717, 1.165) is 6.54 Å². The zero-order valence-corrected chi connectivity index (χ0v) is 11.9. The monoisotopic (exact) mass is 364 g/mol. The molecule has 1 aromatic carbocycles. The Labute approximate surface area is 118 Å². The molecule has 98 valence electrons. The highest BCUT2D eigenvalue weighted by Gasteiger charge is 2.17. The number of anilines is 1. The van der Waals surface area contributed by atoms with Crippen LogP contribution in [0, 0.1) is 9.39 Å². The third kappa shape index (κ3) is 3.89. The predicted octanol–water partition coefficient (Wildman–Crippen LogP) is 1.75. The lowest BCUT2D eigenvalue weighted by molar-refractivity contribution is -0.119. The van der Waals surface area contributed by atoms with Crippen molar-refractivity contribution in [2.75, 3.05) is 25.0 Å². The van der Waals surface area contributed by atoms with Crippen LogP contribution in [0.5, 0.6) is 0 Å². The number of halogens is 2. The van der Waals surface area contributed by atoms with Gasteiger partial charge >= 0.3 is 0 Å². The number of rotatable bonds is 3. The average molecular weight is 364 g/mol. The van der Waals surface area contributed by atoms with Gasteiger partial charge in [0.05, 0.1) is 24.8 Å². The Hall–Kier alpha value is -0.730. The number of ether oxygens (including phenoxy) is 1. The molecule has 1 atom stereocenters. The van der Waals surface area contributed by atoms with Crippen LogP contribution in [0.25, 0.3) is 0 Å². The van der Waals surface area contributed by atoms with Gasteiger partial charge in [-0.2, -0.15) is 0 Å². The number of benzene rings is 1. The molecule has 0 aromatic heterocycles. The summed E-state index contributed by atoms with van der Waals surface area (Å²) in [5, 5.41) is 5.93. The van der Waals surface area contributed by atoms with E-state index in [9.17, 15) is 9.18 Å². The number of amides is 1. The molecule has 1 saturated heterocycles. The van der Waals surface area contributed by atoms with Gasteiger partial charge < -0.3 is 15.4 Å². The van der Waals surface area contributed by atoms with Crippen LogP contribution in [0.15, 0.2) is 18.2 Å². The zero-order chi connectivity index (χ0) is 13.0. The molecule has 0 radical (unpaired) electrons. The molecule has 4 nitrogen and oxygen atoms in total. The van der Waals surface area contributed by atoms with Gasteiger partial charge in [-0.25, -0.2) is 4.39 Å². The van der Waals surface area contributed by atoms with Crippen LogP contribution in [-0.2, 0) is 9.53 Å². The first-order chi connectivity index (χ1) is 8.65. The molecule has 6 heteroatoms. The number of hydrogen-bond acceptors (Lipinski definition) is 3. The van der Waals surface area contributed by atoms with E-state index in [1.165, 1.54) is 12.1 Å². The number of carbonyl (C=O) groups excluding carboxylic acids is 1. The van der Waals surface area contributed by atoms with E-state index in [-0.39, 0.29) is 17.8 Å². The van der Waals surface area contributed by atoms with Crippen molar-refractivity contribution in [1.82, 2.24) is 5.32 Å². The van der Waals surface area contributed by atoms with Crippen molar-refractivity contribution in [1.29, 1.82) is 0 Å². The lowest BCUT2D eigenvalue weighted by Gasteiger charge is -2.23. The van der Waals surface area contributed by atoms with Crippen LogP contribution < -0.4 is 10.6 Å². The molecule has 18 heavy (non-hydrogen) atoms. The lowest BCUT2D eigenvalue weighted by Crippen LogP contribution is -2.40. The average Bonchev–Trinajstić information content (AvgIpc) is 2.34. The lowest BCUT2D eigenvalue weighted by atomic mass is 10.2. The number of morpholine rings is 1. The van der Waals surface area contributed by atoms with E-state index < -0.39 is 0 Å². The fourth-order valence-corrected chi connectivity index (χ4v) is 2.36. The van der Waals surface area contributed by atoms with Gasteiger partial charge in [-0.3, -0.25) is 4.79 Å². The summed E-state index contributed by atoms with van der Waals surface area (Å²) in [7, 11) is 0. The topological polar surface area (TPSA) is 50.4 Å². The van der Waals surface area contributed by atoms with E-state index in [1.807, 2.05) is 22.6 Å². The van der Waals surface area contributed by atoms with Crippen LogP contribution in [-0.4, -0.2) is 31.7 Å². The van der Waals surface area contributed by atoms with Crippen LogP contribution in [0.4, 0.5) is 10.1 Å². The van der Waals surface area contributed by atoms with Crippen molar-refractivity contribution in [2.45, 2.75) is 12.5 Å². The Bertz CT molecular complexity index is 436. The first-order valence-corrected chi connectivity index (χ1v) is 6.80. The largest absolute Gasteiger partial charge is 0.375 e. The molecular weight excluding hydrogens is 350 g/mol. The molecule has 0 saturated carbocycles. The molecular formula is C12H14FIN2O2. The first-order valence-electron chi connectivity index (χ1n) is 5.72. The quantitative estimate of drug-likeness (QED) is 0.804. The molecule has 1 aliphatic rings. The van der Waals surface area contributed by atoms with Crippen molar-refractivity contribution < 1.29 is 13.9 Å². The summed E-state index contributed by atoms with van der Waals surface area (Å²) < 4.78 is 19.0. The second-order valence-corrected chi connectivity index (χ2v) is 5.24. The van der Waals surface area contributed by atoms with Crippen molar-refractivity contribution >= 4 is 34.2 Å². The van der Waals surface area contributed by atoms with Gasteiger partial charge in [0.2, 0.25) is 5.91 Å². The first kappa shape index (κ1) is 13.7. The number of carbonyl (C=O) groups is 1. The van der Waals surface area contributed by atoms with Gasteiger partial charge in [-0.15, -0.1) is 0 Å². The molecule has 1 amide bonds. The standard InChI is InChI=1S/C12H14FIN2O2/c13-8-1-2-11(10(14)5-8)16-12(17)6-9-7-15-3-4-18-9/h1-2,5,9,15H,3-4,6-7H2,(H,16,17). The fourth-order valence-electron chi connectivity index (χ4n) is 1.75. The summed E-state index contributed by atoms with van der Waals surface area (Å²) in [4.78, 5) is 11.8. The van der Waals surface area contributed by atoms with Crippen LogP contribution >= 0.6 is 22.6 Å². The molecule has 1 heterocycles. The second-order valence-electron chi connectivity index (χ2n) is 4.07. The summed E-state index contributed by atoms with van der Waals surface area (Å²) in [6.45, 7) is 2.15. The van der Waals surface area contributed by atoms with Gasteiger partial charge in [0, 0.05) is 16.7 Å². The maximum Gasteiger partial charge on any atom is 0.227 e. The second kappa shape index (κ2) is 6.44. The summed E-state index contributed by atoms with van der Waals surface area (Å²) >= 11 is 1.99. The van der Waals surface area contributed by atoms with Crippen LogP contribution in [0.3, 0.4) is 0 Å². The smallest absolute Gasteiger partial charge is 0.227 e. The van der Waals surface area contributed by atoms with E-state index in [1.54, 1.807) is 6.07 Å². The summed E-state index contributed by atoms with van der Waals surface area (Å²) in [5.74, 6) is -0.426. The van der Waals surface area contributed by atoms with Gasteiger partial charge in [0.15, 0.2) is 0 Å². The van der Waals surface area contributed by atoms with E-state index in [4.69, 9.17) is 4.74 Å². The zero-order valence-electron chi connectivity index (χ0n) is 9.71. The van der Waals surface area contributed by atoms with Gasteiger partial charge in [-0.1, -0.05) is 0 Å². The Morgan fingerprint density at radius 1 is 1.61 bits per heavy atom. The van der Waals surface area contributed by atoms with Gasteiger partial charge in [-0.05, 0) is 40.8 Å². The van der Waals surface area contributed by atoms with E-state index in [2.05, 4.69) is 10.6 Å². The summed E-state index contributed by atoms with van der Waals surface area (Å²) in [6, 6.07) is 4.28. The normalized spacial score (nSPS) is 19.6. The highest BCUT2D eigenvalue weighted by atomic mass is 127. The van der Waals surface area contributed by atoms with Gasteiger partial charge in [0.1, 0.15) is 5.82 Å². The molecule has 1 aliphatic heterocycles. The molecule has 0 aliphatic carbocycles. The van der Waals surface area contributed by atoms with Crippen LogP contribution in [0.2, 0.25) is 0 Å². The Kier molecular flexibility index (Phi) is 4.90. The Morgan fingerprint density at radius 2 is 2.44 bits per heavy atom. The minimum Gasteiger partial charge on any atom is -0.375 e. The summed E-state index contributed by atoms with van der Waals surface area (Å²) in [6.07, 6.45) is 0.220. The van der Waals surface area contributed by atoms with Crippen molar-refractivity contribution in [3.63, 3.8) is 0 Å². The molecule has 1 unspecified atom stereocenters. The molecule has 1 fully saturated rings. The molecule has 0 spiro atoms. The van der Waals surface area contributed by atoms with Gasteiger partial charge in [0.25, 0.3) is 0 Å². The van der Waals surface area contributed by atoms with Crippen LogP contribution in [0.1, 0.15) is 6.42 Å². The number of hydrogen-bond donors (Lipinski definition) is 2. The molecule has 0 bridgehead atoms. The van der Waals surface area contributed by atoms with Crippen molar-refractivity contribution in [2.24, 2.45) is 0 Å². The number of nitrogens with one attached hydrogen (secondary N) is 2. The molecule has 2 N–H and O–H groups in total. The molecule has 1 aromatic rings. The SMILES string of the molecule is O=C(CC1CNCCO1)Nc1ccc(F)cc1I. The highest BCUT2D eigenvalue weighted by molar-refractivity contribution is 14.1. The van der Waals surface area contributed by atoms with E-state index in [0.29, 0.717) is 28.8 Å². The Balaban J connectivity index is 1.90. The molecule has 2 rings (SSSR count). The minimum absolute atomic E-state index is 0.0862. The minimum atomic E-state index is -0.308. The summed E-state index contributed by atoms with van der Waals surface area (Å²) in [5.41, 5.74) is 0.630. The van der Waals surface area contributed by atoms with Crippen molar-refractivity contribution in [3.8, 4) is 0 Å². The Morgan fingerprint density at radius 3 is 3.11 bits per heavy atom. The van der Waals surface area contributed by atoms with Crippen molar-refractivity contribution in [3.05, 3.63) is 27.6 Å². The predicted molar refractivity (Wildman–Crippen MR) is 75.0 cm³/mol.